The summed E-state index contributed by atoms with van der Waals surface area (Å²) in [6.07, 6.45) is 3.19. The lowest BCUT2D eigenvalue weighted by molar-refractivity contribution is 0.257. The van der Waals surface area contributed by atoms with E-state index in [0.29, 0.717) is 13.0 Å². The first kappa shape index (κ1) is 18.1. The fourth-order valence-corrected chi connectivity index (χ4v) is 4.88. The summed E-state index contributed by atoms with van der Waals surface area (Å²) in [7, 11) is -7.52. The maximum absolute atomic E-state index is 14.0. The van der Waals surface area contributed by atoms with Crippen LogP contribution < -0.4 is 10.5 Å². The molecule has 1 atom stereocenters. The van der Waals surface area contributed by atoms with Gasteiger partial charge in [-0.15, -0.1) is 0 Å². The normalized spacial score (nSPS) is 20.4. The van der Waals surface area contributed by atoms with Crippen molar-refractivity contribution in [2.24, 2.45) is 5.73 Å². The molecule has 1 aromatic rings. The molecule has 1 aliphatic heterocycles. The highest BCUT2D eigenvalue weighted by Crippen LogP contribution is 2.27. The number of sulfonamides is 2. The van der Waals surface area contributed by atoms with E-state index in [1.54, 1.807) is 0 Å². The number of piperidine rings is 1. The Kier molecular flexibility index (Phi) is 5.29. The lowest BCUT2D eigenvalue weighted by Crippen LogP contribution is -2.47. The number of halogens is 1. The number of nitrogens with zero attached hydrogens (tertiary/aromatic N) is 1. The molecule has 1 aliphatic rings. The van der Waals surface area contributed by atoms with Crippen molar-refractivity contribution in [3.8, 4) is 0 Å². The summed E-state index contributed by atoms with van der Waals surface area (Å²) in [5.41, 5.74) is 5.34. The van der Waals surface area contributed by atoms with Crippen LogP contribution in [0, 0.1) is 5.82 Å². The minimum atomic E-state index is -3.87. The molecule has 1 aromatic carbocycles. The van der Waals surface area contributed by atoms with Gasteiger partial charge in [0.1, 0.15) is 5.82 Å². The highest BCUT2D eigenvalue weighted by molar-refractivity contribution is 7.92. The number of anilines is 1. The van der Waals surface area contributed by atoms with E-state index in [2.05, 4.69) is 0 Å². The molecule has 0 amide bonds. The lowest BCUT2D eigenvalue weighted by Gasteiger charge is -2.33. The zero-order valence-corrected chi connectivity index (χ0v) is 14.3. The first-order valence-corrected chi connectivity index (χ1v) is 10.5. The first-order chi connectivity index (χ1) is 10.6. The van der Waals surface area contributed by atoms with Gasteiger partial charge in [0.25, 0.3) is 0 Å². The average Bonchev–Trinajstić information content (AvgIpc) is 2.47. The second-order valence-electron chi connectivity index (χ2n) is 5.52. The summed E-state index contributed by atoms with van der Waals surface area (Å²) >= 11 is 0. The zero-order chi connectivity index (χ0) is 17.3. The smallest absolute Gasteiger partial charge is 0.243 e. The van der Waals surface area contributed by atoms with E-state index in [4.69, 9.17) is 5.73 Å². The summed E-state index contributed by atoms with van der Waals surface area (Å²) in [4.78, 5) is -0.214. The number of nitrogens with two attached hydrogens (primary N) is 1. The van der Waals surface area contributed by atoms with Crippen molar-refractivity contribution in [2.45, 2.75) is 30.2 Å². The van der Waals surface area contributed by atoms with Crippen LogP contribution in [0.4, 0.5) is 10.1 Å². The molecule has 1 saturated heterocycles. The summed E-state index contributed by atoms with van der Waals surface area (Å²) in [5.74, 6) is -0.946. The van der Waals surface area contributed by atoms with E-state index in [9.17, 15) is 21.2 Å². The summed E-state index contributed by atoms with van der Waals surface area (Å²) in [5, 5.41) is 0. The Morgan fingerprint density at radius 2 is 2.00 bits per heavy atom. The summed E-state index contributed by atoms with van der Waals surface area (Å²) in [6, 6.07) is 2.81. The molecule has 1 unspecified atom stereocenters. The van der Waals surface area contributed by atoms with Gasteiger partial charge in [-0.2, -0.15) is 4.31 Å². The van der Waals surface area contributed by atoms with Crippen LogP contribution in [0.25, 0.3) is 0 Å². The van der Waals surface area contributed by atoms with Gasteiger partial charge in [0.05, 0.1) is 16.8 Å². The van der Waals surface area contributed by atoms with E-state index in [-0.39, 0.29) is 23.2 Å². The molecule has 0 aliphatic carbocycles. The molecular formula is C13H20FN3O4S2. The Bertz CT molecular complexity index is 780. The number of nitrogens with one attached hydrogen (secondary N) is 1. The molecular weight excluding hydrogens is 345 g/mol. The Hall–Kier alpha value is -1.23. The van der Waals surface area contributed by atoms with Crippen molar-refractivity contribution in [1.29, 1.82) is 0 Å². The predicted octanol–water partition coefficient (Wildman–Crippen LogP) is 0.699. The van der Waals surface area contributed by atoms with E-state index in [1.807, 2.05) is 4.72 Å². The molecule has 0 saturated carbocycles. The van der Waals surface area contributed by atoms with Gasteiger partial charge in [0, 0.05) is 19.1 Å². The molecule has 1 heterocycles. The van der Waals surface area contributed by atoms with Crippen LogP contribution in [0.1, 0.15) is 19.3 Å². The van der Waals surface area contributed by atoms with Gasteiger partial charge < -0.3 is 5.73 Å². The Labute approximate surface area is 135 Å². The van der Waals surface area contributed by atoms with Crippen molar-refractivity contribution < 1.29 is 21.2 Å². The maximum atomic E-state index is 14.0. The van der Waals surface area contributed by atoms with Crippen LogP contribution >= 0.6 is 0 Å². The number of hydrogen-bond acceptors (Lipinski definition) is 5. The molecule has 130 valence electrons. The standard InChI is InChI=1S/C13H20FN3O4S2/c1-22(18,19)16-13-6-5-11(8-12(13)14)23(20,21)17-7-3-2-4-10(17)9-15/h5-6,8,10,16H,2-4,7,9,15H2,1H3. The Balaban J connectivity index is 2.35. The lowest BCUT2D eigenvalue weighted by atomic mass is 10.1. The quantitative estimate of drug-likeness (QED) is 0.798. The van der Waals surface area contributed by atoms with Gasteiger partial charge in [-0.25, -0.2) is 21.2 Å². The third-order valence-corrected chi connectivity index (χ3v) is 6.23. The van der Waals surface area contributed by atoms with E-state index in [1.165, 1.54) is 10.4 Å². The second kappa shape index (κ2) is 6.71. The van der Waals surface area contributed by atoms with Crippen molar-refractivity contribution in [3.05, 3.63) is 24.0 Å². The fraction of sp³-hybridized carbons (Fsp3) is 0.538. The van der Waals surface area contributed by atoms with Gasteiger partial charge in [-0.3, -0.25) is 4.72 Å². The van der Waals surface area contributed by atoms with Gasteiger partial charge in [-0.05, 0) is 31.0 Å². The molecule has 0 bridgehead atoms. The van der Waals surface area contributed by atoms with Gasteiger partial charge in [0.2, 0.25) is 20.0 Å². The number of rotatable bonds is 5. The summed E-state index contributed by atoms with van der Waals surface area (Å²) < 4.78 is 65.0. The van der Waals surface area contributed by atoms with Crippen molar-refractivity contribution >= 4 is 25.7 Å². The maximum Gasteiger partial charge on any atom is 0.243 e. The first-order valence-electron chi connectivity index (χ1n) is 7.14. The van der Waals surface area contributed by atoms with E-state index in [0.717, 1.165) is 31.2 Å². The highest BCUT2D eigenvalue weighted by atomic mass is 32.2. The van der Waals surface area contributed by atoms with Crippen molar-refractivity contribution in [3.63, 3.8) is 0 Å². The topological polar surface area (TPSA) is 110 Å². The molecule has 0 radical (unpaired) electrons. The predicted molar refractivity (Wildman–Crippen MR) is 85.5 cm³/mol. The molecule has 3 N–H and O–H groups in total. The van der Waals surface area contributed by atoms with Gasteiger partial charge >= 0.3 is 0 Å². The average molecular weight is 365 g/mol. The molecule has 0 aromatic heterocycles. The van der Waals surface area contributed by atoms with Crippen LogP contribution in [0.3, 0.4) is 0 Å². The summed E-state index contributed by atoms with van der Waals surface area (Å²) in [6.45, 7) is 0.546. The zero-order valence-electron chi connectivity index (χ0n) is 12.7. The molecule has 0 spiro atoms. The van der Waals surface area contributed by atoms with Crippen LogP contribution in [0.2, 0.25) is 0 Å². The minimum absolute atomic E-state index is 0.204. The SMILES string of the molecule is CS(=O)(=O)Nc1ccc(S(=O)(=O)N2CCCCC2CN)cc1F. The van der Waals surface area contributed by atoms with Crippen LogP contribution in [-0.2, 0) is 20.0 Å². The molecule has 2 rings (SSSR count). The molecule has 23 heavy (non-hydrogen) atoms. The number of hydrogen-bond donors (Lipinski definition) is 2. The monoisotopic (exact) mass is 365 g/mol. The minimum Gasteiger partial charge on any atom is -0.329 e. The Morgan fingerprint density at radius 3 is 2.57 bits per heavy atom. The van der Waals surface area contributed by atoms with E-state index >= 15 is 0 Å². The largest absolute Gasteiger partial charge is 0.329 e. The van der Waals surface area contributed by atoms with Crippen LogP contribution in [0.5, 0.6) is 0 Å². The third kappa shape index (κ3) is 4.19. The second-order valence-corrected chi connectivity index (χ2v) is 9.16. The highest BCUT2D eigenvalue weighted by Gasteiger charge is 2.33. The van der Waals surface area contributed by atoms with Crippen LogP contribution in [-0.4, -0.2) is 46.5 Å². The Morgan fingerprint density at radius 1 is 1.30 bits per heavy atom. The van der Waals surface area contributed by atoms with Crippen molar-refractivity contribution in [2.75, 3.05) is 24.1 Å². The number of benzene rings is 1. The third-order valence-electron chi connectivity index (χ3n) is 3.69. The van der Waals surface area contributed by atoms with Gasteiger partial charge in [0.15, 0.2) is 0 Å². The molecule has 7 nitrogen and oxygen atoms in total. The van der Waals surface area contributed by atoms with Gasteiger partial charge in [-0.1, -0.05) is 6.42 Å². The molecule has 1 fully saturated rings. The fourth-order valence-electron chi connectivity index (χ4n) is 2.60. The van der Waals surface area contributed by atoms with E-state index < -0.39 is 25.9 Å². The van der Waals surface area contributed by atoms with Crippen molar-refractivity contribution in [1.82, 2.24) is 4.31 Å². The van der Waals surface area contributed by atoms with Crippen LogP contribution in [0.15, 0.2) is 23.1 Å². The molecule has 10 heteroatoms.